The average molecular weight is 450 g/mol. The largest absolute Gasteiger partial charge is 0.378 e. The maximum Gasteiger partial charge on any atom is 0.259 e. The Kier molecular flexibility index (Phi) is 6.98. The van der Waals surface area contributed by atoms with Gasteiger partial charge in [-0.15, -0.1) is 0 Å². The normalized spacial score (nSPS) is 10.7. The zero-order valence-electron chi connectivity index (χ0n) is 20.2. The van der Waals surface area contributed by atoms with Crippen molar-refractivity contribution in [3.8, 4) is 0 Å². The number of benzene rings is 4. The Bertz CT molecular complexity index is 1150. The molecule has 0 unspecified atom stereocenters. The van der Waals surface area contributed by atoms with E-state index in [0.717, 1.165) is 28.2 Å². The van der Waals surface area contributed by atoms with Gasteiger partial charge in [-0.1, -0.05) is 60.7 Å². The summed E-state index contributed by atoms with van der Waals surface area (Å²) in [5.41, 5.74) is 5.85. The number of hydrogen-bond donors (Lipinski definition) is 0. The number of carbonyl (C=O) groups excluding carboxylic acids is 1. The van der Waals surface area contributed by atoms with Crippen LogP contribution in [0.15, 0.2) is 109 Å². The standard InChI is InChI=1S/C30H31N3O/c1-31(2)26-19-15-23(16-20-26)29(24-17-21-27(22-18-24)32(3)4)33(28-13-9-6-10-14-28)30(34)25-11-7-5-8-12-25/h5-22,29H,1-4H3. The third kappa shape index (κ3) is 4.96. The third-order valence-corrected chi connectivity index (χ3v) is 5.98. The molecule has 1 amide bonds. The lowest BCUT2D eigenvalue weighted by molar-refractivity contribution is 0.0980. The Morgan fingerprint density at radius 2 is 0.941 bits per heavy atom. The van der Waals surface area contributed by atoms with E-state index in [9.17, 15) is 4.79 Å². The highest BCUT2D eigenvalue weighted by Crippen LogP contribution is 2.36. The molecule has 4 rings (SSSR count). The molecule has 0 spiro atoms. The van der Waals surface area contributed by atoms with Crippen LogP contribution in [0.5, 0.6) is 0 Å². The molecule has 0 radical (unpaired) electrons. The third-order valence-electron chi connectivity index (χ3n) is 5.98. The van der Waals surface area contributed by atoms with Crippen molar-refractivity contribution in [2.45, 2.75) is 6.04 Å². The average Bonchev–Trinajstić information content (AvgIpc) is 2.88. The van der Waals surface area contributed by atoms with E-state index in [2.05, 4.69) is 58.3 Å². The molecule has 0 bridgehead atoms. The first kappa shape index (κ1) is 23.1. The highest BCUT2D eigenvalue weighted by atomic mass is 16.2. The second-order valence-corrected chi connectivity index (χ2v) is 8.75. The molecule has 4 heteroatoms. The molecule has 4 nitrogen and oxygen atoms in total. The summed E-state index contributed by atoms with van der Waals surface area (Å²) in [5, 5.41) is 0. The SMILES string of the molecule is CN(C)c1ccc(C(c2ccc(N(C)C)cc2)N(C(=O)c2ccccc2)c2ccccc2)cc1. The van der Waals surface area contributed by atoms with Gasteiger partial charge in [-0.05, 0) is 59.7 Å². The molecule has 0 aliphatic heterocycles. The number of rotatable bonds is 7. The van der Waals surface area contributed by atoms with Gasteiger partial charge in [0.15, 0.2) is 0 Å². The summed E-state index contributed by atoms with van der Waals surface area (Å²) in [6.45, 7) is 0. The van der Waals surface area contributed by atoms with Crippen LogP contribution in [0.25, 0.3) is 0 Å². The lowest BCUT2D eigenvalue weighted by Gasteiger charge is -2.33. The van der Waals surface area contributed by atoms with E-state index in [-0.39, 0.29) is 11.9 Å². The smallest absolute Gasteiger partial charge is 0.259 e. The molecule has 0 fully saturated rings. The van der Waals surface area contributed by atoms with Crippen molar-refractivity contribution < 1.29 is 4.79 Å². The maximum atomic E-state index is 14.0. The van der Waals surface area contributed by atoms with Gasteiger partial charge < -0.3 is 9.80 Å². The minimum absolute atomic E-state index is 0.0369. The predicted molar refractivity (Wildman–Crippen MR) is 143 cm³/mol. The fourth-order valence-corrected chi connectivity index (χ4v) is 4.09. The van der Waals surface area contributed by atoms with Crippen LogP contribution in [-0.4, -0.2) is 34.1 Å². The minimum atomic E-state index is -0.289. The van der Waals surface area contributed by atoms with Crippen LogP contribution < -0.4 is 14.7 Å². The number of amides is 1. The lowest BCUT2D eigenvalue weighted by atomic mass is 9.94. The quantitative estimate of drug-likeness (QED) is 0.333. The van der Waals surface area contributed by atoms with Gasteiger partial charge in [0, 0.05) is 50.8 Å². The maximum absolute atomic E-state index is 14.0. The Morgan fingerprint density at radius 1 is 0.529 bits per heavy atom. The number of anilines is 3. The zero-order chi connectivity index (χ0) is 24.1. The van der Waals surface area contributed by atoms with E-state index >= 15 is 0 Å². The van der Waals surface area contributed by atoms with Crippen molar-refractivity contribution in [3.63, 3.8) is 0 Å². The van der Waals surface area contributed by atoms with Crippen LogP contribution in [0, 0.1) is 0 Å². The van der Waals surface area contributed by atoms with Gasteiger partial charge in [0.2, 0.25) is 0 Å². The summed E-state index contributed by atoms with van der Waals surface area (Å²) in [6, 6.07) is 36.0. The molecular weight excluding hydrogens is 418 g/mol. The van der Waals surface area contributed by atoms with Crippen molar-refractivity contribution in [2.24, 2.45) is 0 Å². The molecule has 4 aromatic rings. The summed E-state index contributed by atoms with van der Waals surface area (Å²) >= 11 is 0. The number of carbonyl (C=O) groups is 1. The fraction of sp³-hybridized carbons (Fsp3) is 0.167. The molecule has 0 heterocycles. The van der Waals surface area contributed by atoms with Crippen LogP contribution in [0.3, 0.4) is 0 Å². The van der Waals surface area contributed by atoms with Crippen molar-refractivity contribution in [1.29, 1.82) is 0 Å². The van der Waals surface area contributed by atoms with Crippen LogP contribution in [-0.2, 0) is 0 Å². The molecule has 0 aliphatic carbocycles. The first-order valence-electron chi connectivity index (χ1n) is 11.4. The minimum Gasteiger partial charge on any atom is -0.378 e. The van der Waals surface area contributed by atoms with Crippen LogP contribution >= 0.6 is 0 Å². The Morgan fingerprint density at radius 3 is 1.35 bits per heavy atom. The molecule has 0 N–H and O–H groups in total. The molecule has 0 saturated carbocycles. The molecular formula is C30H31N3O. The van der Waals surface area contributed by atoms with E-state index < -0.39 is 0 Å². The monoisotopic (exact) mass is 449 g/mol. The van der Waals surface area contributed by atoms with Crippen molar-refractivity contribution in [2.75, 3.05) is 42.9 Å². The van der Waals surface area contributed by atoms with Crippen molar-refractivity contribution in [3.05, 3.63) is 126 Å². The second kappa shape index (κ2) is 10.3. The van der Waals surface area contributed by atoms with E-state index in [1.807, 2.05) is 93.8 Å². The van der Waals surface area contributed by atoms with Gasteiger partial charge in [0.25, 0.3) is 5.91 Å². The second-order valence-electron chi connectivity index (χ2n) is 8.75. The van der Waals surface area contributed by atoms with Crippen LogP contribution in [0.2, 0.25) is 0 Å². The number of hydrogen-bond acceptors (Lipinski definition) is 3. The van der Waals surface area contributed by atoms with Gasteiger partial charge in [0.1, 0.15) is 0 Å². The van der Waals surface area contributed by atoms with Crippen LogP contribution in [0.4, 0.5) is 17.1 Å². The molecule has 0 atom stereocenters. The van der Waals surface area contributed by atoms with Gasteiger partial charge in [-0.25, -0.2) is 0 Å². The molecule has 4 aromatic carbocycles. The molecule has 0 saturated heterocycles. The van der Waals surface area contributed by atoms with E-state index in [1.54, 1.807) is 0 Å². The van der Waals surface area contributed by atoms with Gasteiger partial charge in [0.05, 0.1) is 6.04 Å². The number of para-hydroxylation sites is 1. The summed E-state index contributed by atoms with van der Waals surface area (Å²) in [6.07, 6.45) is 0. The highest BCUT2D eigenvalue weighted by molar-refractivity contribution is 6.07. The molecule has 0 aliphatic rings. The lowest BCUT2D eigenvalue weighted by Crippen LogP contribution is -2.35. The van der Waals surface area contributed by atoms with E-state index in [0.29, 0.717) is 5.56 Å². The fourth-order valence-electron chi connectivity index (χ4n) is 4.09. The summed E-state index contributed by atoms with van der Waals surface area (Å²) in [5.74, 6) is -0.0369. The summed E-state index contributed by atoms with van der Waals surface area (Å²) in [7, 11) is 8.12. The van der Waals surface area contributed by atoms with Gasteiger partial charge >= 0.3 is 0 Å². The van der Waals surface area contributed by atoms with E-state index in [1.165, 1.54) is 0 Å². The first-order chi connectivity index (χ1) is 16.5. The first-order valence-corrected chi connectivity index (χ1v) is 11.4. The Balaban J connectivity index is 1.89. The predicted octanol–water partition coefficient (Wildman–Crippen LogP) is 6.26. The van der Waals surface area contributed by atoms with Crippen LogP contribution in [0.1, 0.15) is 27.5 Å². The Hall–Kier alpha value is -4.05. The Labute approximate surface area is 202 Å². The summed E-state index contributed by atoms with van der Waals surface area (Å²) < 4.78 is 0. The van der Waals surface area contributed by atoms with Gasteiger partial charge in [-0.2, -0.15) is 0 Å². The highest BCUT2D eigenvalue weighted by Gasteiger charge is 2.29. The van der Waals surface area contributed by atoms with Crippen molar-refractivity contribution in [1.82, 2.24) is 0 Å². The molecule has 172 valence electrons. The number of nitrogens with zero attached hydrogens (tertiary/aromatic N) is 3. The molecule has 0 aromatic heterocycles. The topological polar surface area (TPSA) is 26.8 Å². The zero-order valence-corrected chi connectivity index (χ0v) is 20.2. The van der Waals surface area contributed by atoms with Gasteiger partial charge in [-0.3, -0.25) is 9.69 Å². The van der Waals surface area contributed by atoms with Crippen molar-refractivity contribution >= 4 is 23.0 Å². The van der Waals surface area contributed by atoms with E-state index in [4.69, 9.17) is 0 Å². The summed E-state index contributed by atoms with van der Waals surface area (Å²) in [4.78, 5) is 20.1. The molecule has 34 heavy (non-hydrogen) atoms.